The van der Waals surface area contributed by atoms with E-state index in [4.69, 9.17) is 0 Å². The third kappa shape index (κ3) is 8.98. The van der Waals surface area contributed by atoms with E-state index in [1.165, 1.54) is 0 Å². The summed E-state index contributed by atoms with van der Waals surface area (Å²) in [6.07, 6.45) is 0. The normalized spacial score (nSPS) is 0. The van der Waals surface area contributed by atoms with Gasteiger partial charge in [0.1, 0.15) is 0 Å². The van der Waals surface area contributed by atoms with Gasteiger partial charge in [-0.15, -0.1) is 0 Å². The van der Waals surface area contributed by atoms with Gasteiger partial charge in [0.2, 0.25) is 0 Å². The summed E-state index contributed by atoms with van der Waals surface area (Å²) in [5, 5.41) is 0. The molecule has 19 valence electrons. The fourth-order valence-electron chi connectivity index (χ4n) is 0. The zero-order valence-corrected chi connectivity index (χ0v) is 7.61. The molecular weight excluding hydrogens is 242 g/mol. The Labute approximate surface area is 101 Å². The molecular formula is H5AlCeMgV. The van der Waals surface area contributed by atoms with Crippen LogP contribution in [0, 0.1) is 41.7 Å². The fraction of sp³-hybridized carbons (Fsp3) is 0. The van der Waals surface area contributed by atoms with Gasteiger partial charge in [0.25, 0.3) is 0 Å². The SMILES string of the molecule is [AlH3].[Ce].[H-].[H-].[Mg+2].[V]. The molecule has 0 rings (SSSR count). The maximum atomic E-state index is 0. The van der Waals surface area contributed by atoms with E-state index in [1.807, 2.05) is 0 Å². The van der Waals surface area contributed by atoms with Crippen molar-refractivity contribution in [3.63, 3.8) is 0 Å². The van der Waals surface area contributed by atoms with E-state index in [-0.39, 0.29) is 104 Å². The molecule has 0 aromatic carbocycles. The Hall–Kier alpha value is 3.26. The largest absolute Gasteiger partial charge is 2.00 e. The van der Waals surface area contributed by atoms with Crippen molar-refractivity contribution < 1.29 is 63.2 Å². The van der Waals surface area contributed by atoms with Crippen molar-refractivity contribution in [1.29, 1.82) is 0 Å². The first-order chi connectivity index (χ1) is 0. The Balaban J connectivity index is 0. The first-order valence-corrected chi connectivity index (χ1v) is 0. The van der Waals surface area contributed by atoms with Gasteiger partial charge in [-0.1, -0.05) is 0 Å². The van der Waals surface area contributed by atoms with Crippen LogP contribution in [0.5, 0.6) is 0 Å². The molecule has 0 nitrogen and oxygen atoms in total. The van der Waals surface area contributed by atoms with Crippen molar-refractivity contribution >= 4 is 40.4 Å². The first-order valence-electron chi connectivity index (χ1n) is 0. The molecule has 0 aromatic heterocycles. The molecule has 0 unspecified atom stereocenters. The van der Waals surface area contributed by atoms with Gasteiger partial charge in [-0.25, -0.2) is 0 Å². The van der Waals surface area contributed by atoms with Crippen LogP contribution < -0.4 is 0 Å². The van der Waals surface area contributed by atoms with Gasteiger partial charge in [-0.05, 0) is 0 Å². The van der Waals surface area contributed by atoms with Crippen molar-refractivity contribution in [3.05, 3.63) is 0 Å². The van der Waals surface area contributed by atoms with E-state index < -0.39 is 0 Å². The van der Waals surface area contributed by atoms with Gasteiger partial charge in [0.15, 0.2) is 17.4 Å². The second-order valence-corrected chi connectivity index (χ2v) is 0. The van der Waals surface area contributed by atoms with E-state index in [1.54, 1.807) is 0 Å². The molecule has 0 spiro atoms. The van der Waals surface area contributed by atoms with Gasteiger partial charge in [0, 0.05) is 60.3 Å². The minimum Gasteiger partial charge on any atom is -1.00 e. The number of hydrogen-bond donors (Lipinski definition) is 0. The molecule has 0 N–H and O–H groups in total. The van der Waals surface area contributed by atoms with Crippen molar-refractivity contribution in [2.24, 2.45) is 0 Å². The van der Waals surface area contributed by atoms with Crippen molar-refractivity contribution in [2.45, 2.75) is 0 Å². The van der Waals surface area contributed by atoms with Crippen molar-refractivity contribution in [3.8, 4) is 0 Å². The van der Waals surface area contributed by atoms with Gasteiger partial charge in [0.05, 0.1) is 0 Å². The van der Waals surface area contributed by atoms with E-state index in [0.717, 1.165) is 0 Å². The summed E-state index contributed by atoms with van der Waals surface area (Å²) in [6, 6.07) is 0. The second-order valence-electron chi connectivity index (χ2n) is 0. The molecule has 4 heteroatoms. The second kappa shape index (κ2) is 16.3. The van der Waals surface area contributed by atoms with Crippen molar-refractivity contribution in [2.75, 3.05) is 0 Å². The number of rotatable bonds is 0. The van der Waals surface area contributed by atoms with Crippen LogP contribution in [0.4, 0.5) is 0 Å². The van der Waals surface area contributed by atoms with E-state index >= 15 is 0 Å². The molecule has 0 saturated carbocycles. The molecule has 0 heterocycles. The smallest absolute Gasteiger partial charge is 1.00 e. The molecule has 0 atom stereocenters. The third-order valence-corrected chi connectivity index (χ3v) is 0. The minimum absolute atomic E-state index is 0. The molecule has 0 bridgehead atoms. The average molecular weight is 247 g/mol. The third-order valence-electron chi connectivity index (χ3n) is 0. The van der Waals surface area contributed by atoms with Crippen LogP contribution in [0.2, 0.25) is 0 Å². The Morgan fingerprint density at radius 2 is 1.25 bits per heavy atom. The average Bonchev–Trinajstić information content (AvgIpc) is 0. The fourth-order valence-corrected chi connectivity index (χ4v) is 0. The zero-order chi connectivity index (χ0) is 0. The van der Waals surface area contributed by atoms with Gasteiger partial charge < -0.3 is 2.85 Å². The first kappa shape index (κ1) is 26.8. The molecule has 0 aliphatic heterocycles. The topological polar surface area (TPSA) is 0 Å². The monoisotopic (exact) mass is 247 g/mol. The predicted molar refractivity (Wildman–Crippen MR) is 17.9 cm³/mol. The van der Waals surface area contributed by atoms with E-state index in [2.05, 4.69) is 0 Å². The van der Waals surface area contributed by atoms with E-state index in [0.29, 0.717) is 0 Å². The summed E-state index contributed by atoms with van der Waals surface area (Å²) >= 11 is 0. The Morgan fingerprint density at radius 3 is 1.25 bits per heavy atom. The molecule has 0 aliphatic carbocycles. The minimum atomic E-state index is 0. The maximum Gasteiger partial charge on any atom is 2.00 e. The van der Waals surface area contributed by atoms with Crippen LogP contribution in [0.25, 0.3) is 0 Å². The molecule has 4 heavy (non-hydrogen) atoms. The predicted octanol–water partition coefficient (Wildman–Crippen LogP) is -1.34. The summed E-state index contributed by atoms with van der Waals surface area (Å²) in [5.41, 5.74) is 0. The Kier molecular flexibility index (Phi) is 109. The number of hydrogen-bond acceptors (Lipinski definition) is 0. The summed E-state index contributed by atoms with van der Waals surface area (Å²) in [6.45, 7) is 0. The molecule has 0 saturated heterocycles. The Morgan fingerprint density at radius 1 is 1.25 bits per heavy atom. The van der Waals surface area contributed by atoms with Crippen LogP contribution in [-0.4, -0.2) is 40.4 Å². The van der Waals surface area contributed by atoms with Crippen LogP contribution in [-0.2, 0) is 18.6 Å². The van der Waals surface area contributed by atoms with Crippen molar-refractivity contribution in [1.82, 2.24) is 0 Å². The van der Waals surface area contributed by atoms with Crippen LogP contribution >= 0.6 is 0 Å². The molecule has 0 aromatic rings. The van der Waals surface area contributed by atoms with Crippen LogP contribution in [0.3, 0.4) is 0 Å². The standard InChI is InChI=1S/Al.Ce.Mg.V.5H/q;;+2;;;;;2*-1. The zero-order valence-electron chi connectivity index (χ0n) is 3.65. The quantitative estimate of drug-likeness (QED) is 0.465. The van der Waals surface area contributed by atoms with Gasteiger partial charge >= 0.3 is 23.1 Å². The summed E-state index contributed by atoms with van der Waals surface area (Å²) in [7, 11) is 0. The molecule has 0 aliphatic rings. The van der Waals surface area contributed by atoms with Gasteiger partial charge in [-0.2, -0.15) is 0 Å². The molecule has 0 amide bonds. The maximum absolute atomic E-state index is 0. The van der Waals surface area contributed by atoms with E-state index in [9.17, 15) is 0 Å². The molecule has 1 radical (unpaired) electrons. The van der Waals surface area contributed by atoms with Crippen LogP contribution in [0.15, 0.2) is 0 Å². The summed E-state index contributed by atoms with van der Waals surface area (Å²) in [4.78, 5) is 0. The summed E-state index contributed by atoms with van der Waals surface area (Å²) in [5.74, 6) is 0. The summed E-state index contributed by atoms with van der Waals surface area (Å²) < 4.78 is 0. The molecule has 0 fully saturated rings. The van der Waals surface area contributed by atoms with Crippen LogP contribution in [0.1, 0.15) is 2.85 Å². The Bertz CT molecular complexity index is 13.5. The van der Waals surface area contributed by atoms with Gasteiger partial charge in [-0.3, -0.25) is 0 Å².